The van der Waals surface area contributed by atoms with Gasteiger partial charge in [0.2, 0.25) is 0 Å². The lowest BCUT2D eigenvalue weighted by Crippen LogP contribution is -2.20. The molecule has 0 saturated heterocycles. The van der Waals surface area contributed by atoms with E-state index in [4.69, 9.17) is 0 Å². The third-order valence-corrected chi connectivity index (χ3v) is 4.90. The Kier molecular flexibility index (Phi) is 4.24. The van der Waals surface area contributed by atoms with Gasteiger partial charge in [-0.3, -0.25) is 0 Å². The molecule has 2 nitrogen and oxygen atoms in total. The van der Waals surface area contributed by atoms with Gasteiger partial charge in [0.05, 0.1) is 0 Å². The molecule has 1 unspecified atom stereocenters. The summed E-state index contributed by atoms with van der Waals surface area (Å²) in [5.41, 5.74) is 5.52. The van der Waals surface area contributed by atoms with E-state index in [1.807, 2.05) is 24.3 Å². The Bertz CT molecular complexity index is 875. The van der Waals surface area contributed by atoms with Crippen LogP contribution in [0.2, 0.25) is 0 Å². The number of rotatable bonds is 2. The molecule has 1 heterocycles. The molecule has 0 aliphatic carbocycles. The average Bonchev–Trinajstić information content (AvgIpc) is 2.85. The first kappa shape index (κ1) is 15.9. The molecule has 0 aromatic heterocycles. The Labute approximate surface area is 147 Å². The summed E-state index contributed by atoms with van der Waals surface area (Å²) >= 11 is 0. The van der Waals surface area contributed by atoms with Crippen molar-refractivity contribution in [3.05, 3.63) is 89.2 Å². The van der Waals surface area contributed by atoms with E-state index >= 15 is 0 Å². The highest BCUT2D eigenvalue weighted by atomic mass is 19.1. The summed E-state index contributed by atoms with van der Waals surface area (Å²) in [6.07, 6.45) is 0.881. The van der Waals surface area contributed by atoms with E-state index in [1.54, 1.807) is 18.2 Å². The van der Waals surface area contributed by atoms with Crippen LogP contribution in [-0.4, -0.2) is 18.2 Å². The monoisotopic (exact) mass is 333 g/mol. The molecule has 126 valence electrons. The summed E-state index contributed by atoms with van der Waals surface area (Å²) in [6.45, 7) is 1.72. The standard InChI is InChI=1S/C22H20FNO/c23-17-8-6-16(7-9-17)20-12-18(25)13-21-19(20)10-11-24-14-22(21)15-4-2-1-3-5-15/h1-9,12-13,22,24-25H,10-11,14H2. The number of hydrogen-bond acceptors (Lipinski definition) is 2. The van der Waals surface area contributed by atoms with Crippen LogP contribution in [0, 0.1) is 5.82 Å². The molecule has 2 N–H and O–H groups in total. The van der Waals surface area contributed by atoms with Crippen LogP contribution < -0.4 is 5.32 Å². The van der Waals surface area contributed by atoms with Crippen LogP contribution in [0.25, 0.3) is 11.1 Å². The zero-order chi connectivity index (χ0) is 17.2. The van der Waals surface area contributed by atoms with Gasteiger partial charge < -0.3 is 10.4 Å². The fourth-order valence-corrected chi connectivity index (χ4v) is 3.71. The fraction of sp³-hybridized carbons (Fsp3) is 0.182. The molecule has 4 rings (SSSR count). The van der Waals surface area contributed by atoms with E-state index in [2.05, 4.69) is 17.4 Å². The third-order valence-electron chi connectivity index (χ3n) is 4.90. The summed E-state index contributed by atoms with van der Waals surface area (Å²) in [7, 11) is 0. The maximum atomic E-state index is 13.3. The molecule has 0 fully saturated rings. The van der Waals surface area contributed by atoms with Crippen molar-refractivity contribution in [2.45, 2.75) is 12.3 Å². The molecule has 3 aromatic rings. The Morgan fingerprint density at radius 3 is 2.48 bits per heavy atom. The Balaban J connectivity index is 1.89. The van der Waals surface area contributed by atoms with E-state index in [-0.39, 0.29) is 17.5 Å². The van der Waals surface area contributed by atoms with Crippen molar-refractivity contribution in [1.82, 2.24) is 5.32 Å². The molecule has 1 aliphatic heterocycles. The summed E-state index contributed by atoms with van der Waals surface area (Å²) in [6, 6.07) is 20.5. The number of aromatic hydroxyl groups is 1. The number of benzene rings is 3. The number of phenolic OH excluding ortho intramolecular Hbond substituents is 1. The number of hydrogen-bond donors (Lipinski definition) is 2. The minimum atomic E-state index is -0.251. The first-order valence-electron chi connectivity index (χ1n) is 8.60. The second-order valence-corrected chi connectivity index (χ2v) is 6.49. The van der Waals surface area contributed by atoms with E-state index in [0.717, 1.165) is 36.2 Å². The molecule has 0 saturated carbocycles. The van der Waals surface area contributed by atoms with Gasteiger partial charge in [0.15, 0.2) is 0 Å². The van der Waals surface area contributed by atoms with Gasteiger partial charge in [0.1, 0.15) is 11.6 Å². The van der Waals surface area contributed by atoms with Gasteiger partial charge >= 0.3 is 0 Å². The largest absolute Gasteiger partial charge is 0.508 e. The van der Waals surface area contributed by atoms with Crippen LogP contribution in [0.3, 0.4) is 0 Å². The highest BCUT2D eigenvalue weighted by Gasteiger charge is 2.23. The van der Waals surface area contributed by atoms with Crippen LogP contribution in [-0.2, 0) is 6.42 Å². The summed E-state index contributed by atoms with van der Waals surface area (Å²) in [5, 5.41) is 13.9. The minimum absolute atomic E-state index is 0.185. The molecule has 25 heavy (non-hydrogen) atoms. The normalized spacial score (nSPS) is 16.9. The van der Waals surface area contributed by atoms with E-state index in [0.29, 0.717) is 0 Å². The highest BCUT2D eigenvalue weighted by Crippen LogP contribution is 2.38. The fourth-order valence-electron chi connectivity index (χ4n) is 3.71. The lowest BCUT2D eigenvalue weighted by Gasteiger charge is -2.21. The van der Waals surface area contributed by atoms with Crippen molar-refractivity contribution in [2.24, 2.45) is 0 Å². The maximum absolute atomic E-state index is 13.3. The molecular weight excluding hydrogens is 313 g/mol. The molecule has 3 heteroatoms. The van der Waals surface area contributed by atoms with Crippen molar-refractivity contribution >= 4 is 0 Å². The zero-order valence-corrected chi connectivity index (χ0v) is 13.9. The highest BCUT2D eigenvalue weighted by molar-refractivity contribution is 5.71. The predicted molar refractivity (Wildman–Crippen MR) is 98.4 cm³/mol. The Hall–Kier alpha value is -2.65. The van der Waals surface area contributed by atoms with Crippen molar-refractivity contribution in [1.29, 1.82) is 0 Å². The number of nitrogens with one attached hydrogen (secondary N) is 1. The summed E-state index contributed by atoms with van der Waals surface area (Å²) in [5.74, 6) is 0.185. The minimum Gasteiger partial charge on any atom is -0.508 e. The first-order chi connectivity index (χ1) is 12.2. The summed E-state index contributed by atoms with van der Waals surface area (Å²) in [4.78, 5) is 0. The maximum Gasteiger partial charge on any atom is 0.123 e. The molecule has 0 spiro atoms. The molecule has 0 bridgehead atoms. The van der Waals surface area contributed by atoms with Gasteiger partial charge in [0, 0.05) is 12.5 Å². The molecule has 0 amide bonds. The topological polar surface area (TPSA) is 32.3 Å². The molecule has 1 aliphatic rings. The Morgan fingerprint density at radius 2 is 1.72 bits per heavy atom. The van der Waals surface area contributed by atoms with Crippen LogP contribution >= 0.6 is 0 Å². The lowest BCUT2D eigenvalue weighted by molar-refractivity contribution is 0.474. The first-order valence-corrected chi connectivity index (χ1v) is 8.60. The Morgan fingerprint density at radius 1 is 0.960 bits per heavy atom. The van der Waals surface area contributed by atoms with Crippen LogP contribution in [0.1, 0.15) is 22.6 Å². The second kappa shape index (κ2) is 6.69. The molecule has 3 aromatic carbocycles. The SMILES string of the molecule is Oc1cc(-c2ccc(F)cc2)c2c(c1)C(c1ccccc1)CNCC2. The van der Waals surface area contributed by atoms with Gasteiger partial charge in [0.25, 0.3) is 0 Å². The quantitative estimate of drug-likeness (QED) is 0.725. The van der Waals surface area contributed by atoms with Gasteiger partial charge in [-0.05, 0) is 65.0 Å². The van der Waals surface area contributed by atoms with Gasteiger partial charge in [-0.25, -0.2) is 4.39 Å². The van der Waals surface area contributed by atoms with E-state index in [1.165, 1.54) is 23.3 Å². The zero-order valence-electron chi connectivity index (χ0n) is 13.9. The van der Waals surface area contributed by atoms with E-state index in [9.17, 15) is 9.50 Å². The summed E-state index contributed by atoms with van der Waals surface area (Å²) < 4.78 is 13.3. The van der Waals surface area contributed by atoms with Gasteiger partial charge in [-0.1, -0.05) is 42.5 Å². The average molecular weight is 333 g/mol. The number of fused-ring (bicyclic) bond motifs is 1. The third kappa shape index (κ3) is 3.15. The van der Waals surface area contributed by atoms with Crippen molar-refractivity contribution in [3.63, 3.8) is 0 Å². The van der Waals surface area contributed by atoms with Crippen molar-refractivity contribution in [3.8, 4) is 16.9 Å². The van der Waals surface area contributed by atoms with Gasteiger partial charge in [-0.2, -0.15) is 0 Å². The van der Waals surface area contributed by atoms with Crippen LogP contribution in [0.4, 0.5) is 4.39 Å². The number of halogens is 1. The molecular formula is C22H20FNO. The predicted octanol–water partition coefficient (Wildman–Crippen LogP) is 4.48. The van der Waals surface area contributed by atoms with Gasteiger partial charge in [-0.15, -0.1) is 0 Å². The molecule has 1 atom stereocenters. The second-order valence-electron chi connectivity index (χ2n) is 6.49. The molecule has 0 radical (unpaired) electrons. The van der Waals surface area contributed by atoms with E-state index < -0.39 is 0 Å². The number of phenols is 1. The lowest BCUT2D eigenvalue weighted by atomic mass is 9.84. The van der Waals surface area contributed by atoms with Crippen molar-refractivity contribution in [2.75, 3.05) is 13.1 Å². The van der Waals surface area contributed by atoms with Crippen LogP contribution in [0.5, 0.6) is 5.75 Å². The van der Waals surface area contributed by atoms with Crippen LogP contribution in [0.15, 0.2) is 66.7 Å². The smallest absolute Gasteiger partial charge is 0.123 e. The van der Waals surface area contributed by atoms with Crippen molar-refractivity contribution < 1.29 is 9.50 Å².